The molecule has 1 aliphatic heterocycles. The second kappa shape index (κ2) is 5.00. The molecule has 102 valence electrons. The first-order chi connectivity index (χ1) is 9.70. The van der Waals surface area contributed by atoms with Gasteiger partial charge in [0, 0.05) is 12.0 Å². The highest BCUT2D eigenvalue weighted by Crippen LogP contribution is 2.42. The van der Waals surface area contributed by atoms with Crippen molar-refractivity contribution < 1.29 is 14.3 Å². The van der Waals surface area contributed by atoms with E-state index < -0.39 is 0 Å². The van der Waals surface area contributed by atoms with Gasteiger partial charge in [0.1, 0.15) is 17.2 Å². The van der Waals surface area contributed by atoms with Gasteiger partial charge < -0.3 is 9.47 Å². The third-order valence-corrected chi connectivity index (χ3v) is 3.45. The van der Waals surface area contributed by atoms with E-state index in [1.165, 1.54) is 0 Å². The lowest BCUT2D eigenvalue weighted by atomic mass is 9.96. The van der Waals surface area contributed by atoms with Crippen molar-refractivity contribution >= 4 is 5.78 Å². The molecule has 0 unspecified atom stereocenters. The quantitative estimate of drug-likeness (QED) is 0.674. The van der Waals surface area contributed by atoms with Gasteiger partial charge in [0.2, 0.25) is 0 Å². The molecule has 3 rings (SSSR count). The number of ether oxygens (including phenoxy) is 2. The van der Waals surface area contributed by atoms with E-state index in [2.05, 4.69) is 0 Å². The standard InChI is InChI=1S/C17H16O3/c1-3-19-17-13(11(2)18)8-9-16-14(17)10-12-6-4-5-7-15(12)20-16/h4-9H,3,10H2,1-2H3. The molecule has 0 fully saturated rings. The number of hydrogen-bond donors (Lipinski definition) is 0. The van der Waals surface area contributed by atoms with Crippen LogP contribution in [0.2, 0.25) is 0 Å². The zero-order valence-electron chi connectivity index (χ0n) is 11.6. The Labute approximate surface area is 118 Å². The summed E-state index contributed by atoms with van der Waals surface area (Å²) in [4.78, 5) is 11.8. The van der Waals surface area contributed by atoms with Gasteiger partial charge in [0.05, 0.1) is 12.2 Å². The molecule has 0 amide bonds. The molecule has 0 atom stereocenters. The highest BCUT2D eigenvalue weighted by atomic mass is 16.5. The average molecular weight is 268 g/mol. The molecule has 20 heavy (non-hydrogen) atoms. The first-order valence-electron chi connectivity index (χ1n) is 6.76. The third kappa shape index (κ3) is 2.05. The van der Waals surface area contributed by atoms with Crippen LogP contribution in [0.3, 0.4) is 0 Å². The van der Waals surface area contributed by atoms with E-state index in [9.17, 15) is 4.79 Å². The minimum Gasteiger partial charge on any atom is -0.493 e. The lowest BCUT2D eigenvalue weighted by Crippen LogP contribution is -2.09. The largest absolute Gasteiger partial charge is 0.493 e. The zero-order valence-corrected chi connectivity index (χ0v) is 11.6. The predicted molar refractivity (Wildman–Crippen MR) is 76.9 cm³/mol. The van der Waals surface area contributed by atoms with Crippen LogP contribution in [0.4, 0.5) is 0 Å². The number of Topliss-reactive ketones (excluding diaryl/α,β-unsaturated/α-hetero) is 1. The maximum Gasteiger partial charge on any atom is 0.163 e. The smallest absolute Gasteiger partial charge is 0.163 e. The first-order valence-corrected chi connectivity index (χ1v) is 6.76. The Balaban J connectivity index is 2.13. The first kappa shape index (κ1) is 12.7. The molecule has 3 heteroatoms. The summed E-state index contributed by atoms with van der Waals surface area (Å²) in [5, 5.41) is 0. The maximum absolute atomic E-state index is 11.8. The summed E-state index contributed by atoms with van der Waals surface area (Å²) < 4.78 is 11.6. The van der Waals surface area contributed by atoms with E-state index >= 15 is 0 Å². The number of para-hydroxylation sites is 1. The summed E-state index contributed by atoms with van der Waals surface area (Å²) in [6.45, 7) is 4.00. The Bertz CT molecular complexity index is 674. The molecular weight excluding hydrogens is 252 g/mol. The monoisotopic (exact) mass is 268 g/mol. The van der Waals surface area contributed by atoms with E-state index in [4.69, 9.17) is 9.47 Å². The zero-order chi connectivity index (χ0) is 14.1. The fraction of sp³-hybridized carbons (Fsp3) is 0.235. The molecular formula is C17H16O3. The van der Waals surface area contributed by atoms with Crippen molar-refractivity contribution in [2.24, 2.45) is 0 Å². The number of fused-ring (bicyclic) bond motifs is 2. The molecule has 0 aromatic heterocycles. The van der Waals surface area contributed by atoms with Gasteiger partial charge in [0.25, 0.3) is 0 Å². The molecule has 1 aliphatic rings. The van der Waals surface area contributed by atoms with Crippen LogP contribution in [0, 0.1) is 0 Å². The summed E-state index contributed by atoms with van der Waals surface area (Å²) >= 11 is 0. The molecule has 0 radical (unpaired) electrons. The Morgan fingerprint density at radius 1 is 1.20 bits per heavy atom. The highest BCUT2D eigenvalue weighted by Gasteiger charge is 2.23. The third-order valence-electron chi connectivity index (χ3n) is 3.45. The second-order valence-corrected chi connectivity index (χ2v) is 4.79. The summed E-state index contributed by atoms with van der Waals surface area (Å²) in [7, 11) is 0. The van der Waals surface area contributed by atoms with Crippen molar-refractivity contribution in [3.05, 3.63) is 53.1 Å². The van der Waals surface area contributed by atoms with Crippen LogP contribution < -0.4 is 9.47 Å². The van der Waals surface area contributed by atoms with Gasteiger partial charge in [-0.05, 0) is 37.6 Å². The lowest BCUT2D eigenvalue weighted by molar-refractivity contribution is 0.101. The Hall–Kier alpha value is -2.29. The highest BCUT2D eigenvalue weighted by molar-refractivity contribution is 5.97. The minimum absolute atomic E-state index is 0.00936. The molecule has 0 aliphatic carbocycles. The van der Waals surface area contributed by atoms with Gasteiger partial charge >= 0.3 is 0 Å². The molecule has 0 saturated heterocycles. The molecule has 1 heterocycles. The summed E-state index contributed by atoms with van der Waals surface area (Å²) in [6.07, 6.45) is 0.724. The van der Waals surface area contributed by atoms with Gasteiger partial charge in [-0.15, -0.1) is 0 Å². The topological polar surface area (TPSA) is 35.5 Å². The van der Waals surface area contributed by atoms with Crippen LogP contribution >= 0.6 is 0 Å². The fourth-order valence-electron chi connectivity index (χ4n) is 2.52. The Morgan fingerprint density at radius 3 is 2.75 bits per heavy atom. The van der Waals surface area contributed by atoms with Crippen molar-refractivity contribution in [3.8, 4) is 17.2 Å². The number of carbonyl (C=O) groups is 1. The minimum atomic E-state index is 0.00936. The average Bonchev–Trinajstić information content (AvgIpc) is 2.45. The van der Waals surface area contributed by atoms with Crippen LogP contribution in [0.5, 0.6) is 17.2 Å². The van der Waals surface area contributed by atoms with Gasteiger partial charge in [-0.1, -0.05) is 18.2 Å². The number of rotatable bonds is 3. The predicted octanol–water partition coefficient (Wildman–Crippen LogP) is 3.98. The van der Waals surface area contributed by atoms with Gasteiger partial charge in [-0.3, -0.25) is 4.79 Å². The summed E-state index contributed by atoms with van der Waals surface area (Å²) in [6, 6.07) is 11.6. The van der Waals surface area contributed by atoms with Crippen molar-refractivity contribution in [2.45, 2.75) is 20.3 Å². The molecule has 0 bridgehead atoms. The van der Waals surface area contributed by atoms with Crippen molar-refractivity contribution in [1.29, 1.82) is 0 Å². The Kier molecular flexibility index (Phi) is 3.18. The SMILES string of the molecule is CCOc1c(C(C)=O)ccc2c1Cc1ccccc1O2. The molecule has 2 aromatic carbocycles. The van der Waals surface area contributed by atoms with Gasteiger partial charge in [-0.25, -0.2) is 0 Å². The number of benzene rings is 2. The van der Waals surface area contributed by atoms with Crippen molar-refractivity contribution in [3.63, 3.8) is 0 Å². The van der Waals surface area contributed by atoms with Crippen LogP contribution in [0.1, 0.15) is 35.3 Å². The molecule has 0 N–H and O–H groups in total. The second-order valence-electron chi connectivity index (χ2n) is 4.79. The van der Waals surface area contributed by atoms with Crippen LogP contribution in [-0.4, -0.2) is 12.4 Å². The summed E-state index contributed by atoms with van der Waals surface area (Å²) in [5.74, 6) is 2.32. The van der Waals surface area contributed by atoms with E-state index in [1.54, 1.807) is 13.0 Å². The normalized spacial score (nSPS) is 12.1. The van der Waals surface area contributed by atoms with Crippen LogP contribution in [0.15, 0.2) is 36.4 Å². The lowest BCUT2D eigenvalue weighted by Gasteiger charge is -2.23. The van der Waals surface area contributed by atoms with E-state index in [0.717, 1.165) is 29.0 Å². The fourth-order valence-corrected chi connectivity index (χ4v) is 2.52. The van der Waals surface area contributed by atoms with Gasteiger partial charge in [-0.2, -0.15) is 0 Å². The van der Waals surface area contributed by atoms with Crippen LogP contribution in [-0.2, 0) is 6.42 Å². The molecule has 2 aromatic rings. The van der Waals surface area contributed by atoms with Crippen molar-refractivity contribution in [1.82, 2.24) is 0 Å². The number of hydrogen-bond acceptors (Lipinski definition) is 3. The number of ketones is 1. The summed E-state index contributed by atoms with van der Waals surface area (Å²) in [5.41, 5.74) is 2.69. The van der Waals surface area contributed by atoms with Gasteiger partial charge in [0.15, 0.2) is 5.78 Å². The maximum atomic E-state index is 11.8. The van der Waals surface area contributed by atoms with Crippen molar-refractivity contribution in [2.75, 3.05) is 6.61 Å². The molecule has 0 saturated carbocycles. The Morgan fingerprint density at radius 2 is 2.00 bits per heavy atom. The van der Waals surface area contributed by atoms with E-state index in [1.807, 2.05) is 37.3 Å². The van der Waals surface area contributed by atoms with E-state index in [-0.39, 0.29) is 5.78 Å². The van der Waals surface area contributed by atoms with Crippen LogP contribution in [0.25, 0.3) is 0 Å². The molecule has 0 spiro atoms. The van der Waals surface area contributed by atoms with E-state index in [0.29, 0.717) is 17.9 Å². The molecule has 3 nitrogen and oxygen atoms in total. The number of carbonyl (C=O) groups excluding carboxylic acids is 1.